The van der Waals surface area contributed by atoms with E-state index in [1.54, 1.807) is 6.07 Å². The highest BCUT2D eigenvalue weighted by Gasteiger charge is 2.17. The first kappa shape index (κ1) is 15.7. The number of carbonyl (C=O) groups is 1. The number of carbonyl (C=O) groups excluding carboxylic acids is 1. The SMILES string of the molecule is Cc1cc(C(=O)COc2cc(Br)cc(F)c2F)c(C)n1C. The monoisotopic (exact) mass is 357 g/mol. The standard InChI is InChI=1S/C15H14BrF2NO2/c1-8-4-11(9(2)19(8)3)13(20)7-21-14-6-10(16)5-12(17)15(14)18/h4-6H,7H2,1-3H3. The fraction of sp³-hybridized carbons (Fsp3) is 0.267. The van der Waals surface area contributed by atoms with Gasteiger partial charge >= 0.3 is 0 Å². The number of ether oxygens (including phenoxy) is 1. The maximum atomic E-state index is 13.5. The Hall–Kier alpha value is -1.69. The van der Waals surface area contributed by atoms with E-state index < -0.39 is 11.6 Å². The number of halogens is 3. The van der Waals surface area contributed by atoms with Crippen LogP contribution in [0.15, 0.2) is 22.7 Å². The van der Waals surface area contributed by atoms with Crippen LogP contribution >= 0.6 is 15.9 Å². The topological polar surface area (TPSA) is 31.2 Å². The average molecular weight is 358 g/mol. The van der Waals surface area contributed by atoms with Gasteiger partial charge in [0.1, 0.15) is 0 Å². The molecule has 1 aromatic carbocycles. The third-order valence-electron chi connectivity index (χ3n) is 3.39. The molecule has 0 aliphatic heterocycles. The van der Waals surface area contributed by atoms with Crippen molar-refractivity contribution in [3.05, 3.63) is 51.3 Å². The van der Waals surface area contributed by atoms with E-state index >= 15 is 0 Å². The third-order valence-corrected chi connectivity index (χ3v) is 3.85. The van der Waals surface area contributed by atoms with Gasteiger partial charge in [-0.2, -0.15) is 4.39 Å². The van der Waals surface area contributed by atoms with Crippen LogP contribution in [0.5, 0.6) is 5.75 Å². The van der Waals surface area contributed by atoms with Gasteiger partial charge in [0.25, 0.3) is 0 Å². The molecule has 0 unspecified atom stereocenters. The minimum absolute atomic E-state index is 0.281. The van der Waals surface area contributed by atoms with E-state index in [0.29, 0.717) is 10.0 Å². The molecule has 0 spiro atoms. The Balaban J connectivity index is 2.17. The lowest BCUT2D eigenvalue weighted by Crippen LogP contribution is -2.13. The normalized spacial score (nSPS) is 10.8. The zero-order chi connectivity index (χ0) is 15.7. The van der Waals surface area contributed by atoms with Crippen LogP contribution in [0.3, 0.4) is 0 Å². The van der Waals surface area contributed by atoms with Crippen molar-refractivity contribution in [1.82, 2.24) is 4.57 Å². The maximum Gasteiger partial charge on any atom is 0.202 e. The van der Waals surface area contributed by atoms with Crippen LogP contribution in [0.4, 0.5) is 8.78 Å². The predicted octanol–water partition coefficient (Wildman–Crippen LogP) is 3.94. The summed E-state index contributed by atoms with van der Waals surface area (Å²) in [5.74, 6) is -2.71. The Morgan fingerprint density at radius 3 is 2.52 bits per heavy atom. The number of aromatic nitrogens is 1. The Labute approximate surface area is 129 Å². The minimum Gasteiger partial charge on any atom is -0.482 e. The van der Waals surface area contributed by atoms with Crippen molar-refractivity contribution >= 4 is 21.7 Å². The van der Waals surface area contributed by atoms with Crippen molar-refractivity contribution in [2.24, 2.45) is 7.05 Å². The number of hydrogen-bond donors (Lipinski definition) is 0. The molecule has 0 saturated carbocycles. The molecular weight excluding hydrogens is 344 g/mol. The summed E-state index contributed by atoms with van der Waals surface area (Å²) < 4.78 is 34.1. The summed E-state index contributed by atoms with van der Waals surface area (Å²) in [6.45, 7) is 3.35. The Morgan fingerprint density at radius 2 is 1.95 bits per heavy atom. The second-order valence-corrected chi connectivity index (χ2v) is 5.67. The van der Waals surface area contributed by atoms with Crippen LogP contribution < -0.4 is 4.74 Å². The number of Topliss-reactive ketones (excluding diaryl/α,β-unsaturated/α-hetero) is 1. The lowest BCUT2D eigenvalue weighted by Gasteiger charge is -2.08. The molecule has 112 valence electrons. The smallest absolute Gasteiger partial charge is 0.202 e. The number of hydrogen-bond acceptors (Lipinski definition) is 2. The number of aryl methyl sites for hydroxylation is 1. The molecule has 2 aromatic rings. The molecule has 21 heavy (non-hydrogen) atoms. The first-order chi connectivity index (χ1) is 9.81. The summed E-state index contributed by atoms with van der Waals surface area (Å²) in [6.07, 6.45) is 0. The lowest BCUT2D eigenvalue weighted by molar-refractivity contribution is 0.0917. The Kier molecular flexibility index (Phi) is 4.46. The Morgan fingerprint density at radius 1 is 1.29 bits per heavy atom. The summed E-state index contributed by atoms with van der Waals surface area (Å²) >= 11 is 3.05. The number of benzene rings is 1. The quantitative estimate of drug-likeness (QED) is 0.612. The van der Waals surface area contributed by atoms with E-state index in [1.165, 1.54) is 6.07 Å². The summed E-state index contributed by atoms with van der Waals surface area (Å²) in [7, 11) is 1.85. The molecule has 0 bridgehead atoms. The van der Waals surface area contributed by atoms with Crippen molar-refractivity contribution in [3.63, 3.8) is 0 Å². The van der Waals surface area contributed by atoms with E-state index in [0.717, 1.165) is 17.5 Å². The average Bonchev–Trinajstić information content (AvgIpc) is 2.68. The molecule has 0 fully saturated rings. The zero-order valence-electron chi connectivity index (χ0n) is 11.8. The molecular formula is C15H14BrF2NO2. The third kappa shape index (κ3) is 3.15. The molecule has 1 heterocycles. The largest absolute Gasteiger partial charge is 0.482 e. The maximum absolute atomic E-state index is 13.5. The number of ketones is 1. The van der Waals surface area contributed by atoms with Crippen molar-refractivity contribution in [2.75, 3.05) is 6.61 Å². The van der Waals surface area contributed by atoms with Crippen LogP contribution in [-0.4, -0.2) is 17.0 Å². The highest BCUT2D eigenvalue weighted by atomic mass is 79.9. The van der Waals surface area contributed by atoms with Gasteiger partial charge in [0, 0.05) is 28.5 Å². The van der Waals surface area contributed by atoms with Gasteiger partial charge in [0.2, 0.25) is 11.6 Å². The fourth-order valence-corrected chi connectivity index (χ4v) is 2.40. The van der Waals surface area contributed by atoms with E-state index in [2.05, 4.69) is 15.9 Å². The molecule has 0 aliphatic carbocycles. The van der Waals surface area contributed by atoms with Gasteiger partial charge in [0.15, 0.2) is 18.2 Å². The molecule has 0 aliphatic rings. The zero-order valence-corrected chi connectivity index (χ0v) is 13.4. The van der Waals surface area contributed by atoms with Gasteiger partial charge < -0.3 is 9.30 Å². The Bertz CT molecular complexity index is 710. The van der Waals surface area contributed by atoms with Crippen LogP contribution in [0.2, 0.25) is 0 Å². The lowest BCUT2D eigenvalue weighted by atomic mass is 10.1. The fourth-order valence-electron chi connectivity index (χ4n) is 2.00. The molecule has 0 N–H and O–H groups in total. The highest BCUT2D eigenvalue weighted by Crippen LogP contribution is 2.25. The van der Waals surface area contributed by atoms with Gasteiger partial charge in [-0.1, -0.05) is 15.9 Å². The van der Waals surface area contributed by atoms with Gasteiger partial charge in [0.05, 0.1) is 0 Å². The second kappa shape index (κ2) is 5.97. The first-order valence-corrected chi connectivity index (χ1v) is 7.04. The van der Waals surface area contributed by atoms with E-state index in [4.69, 9.17) is 4.74 Å². The molecule has 6 heteroatoms. The number of rotatable bonds is 4. The van der Waals surface area contributed by atoms with E-state index in [9.17, 15) is 13.6 Å². The van der Waals surface area contributed by atoms with Gasteiger partial charge in [-0.25, -0.2) is 4.39 Å². The van der Waals surface area contributed by atoms with Crippen molar-refractivity contribution < 1.29 is 18.3 Å². The molecule has 1 aromatic heterocycles. The number of nitrogens with zero attached hydrogens (tertiary/aromatic N) is 1. The summed E-state index contributed by atoms with van der Waals surface area (Å²) in [6, 6.07) is 4.03. The highest BCUT2D eigenvalue weighted by molar-refractivity contribution is 9.10. The van der Waals surface area contributed by atoms with Crippen molar-refractivity contribution in [1.29, 1.82) is 0 Å². The van der Waals surface area contributed by atoms with Crippen LogP contribution in [0.1, 0.15) is 21.7 Å². The minimum atomic E-state index is -1.10. The van der Waals surface area contributed by atoms with E-state index in [-0.39, 0.29) is 18.1 Å². The molecule has 3 nitrogen and oxygen atoms in total. The van der Waals surface area contributed by atoms with Crippen LogP contribution in [-0.2, 0) is 7.05 Å². The molecule has 0 radical (unpaired) electrons. The van der Waals surface area contributed by atoms with Gasteiger partial charge in [-0.15, -0.1) is 0 Å². The summed E-state index contributed by atoms with van der Waals surface area (Å²) in [5, 5.41) is 0. The summed E-state index contributed by atoms with van der Waals surface area (Å²) in [4.78, 5) is 12.1. The molecule has 0 saturated heterocycles. The first-order valence-electron chi connectivity index (χ1n) is 6.24. The van der Waals surface area contributed by atoms with Crippen molar-refractivity contribution in [3.8, 4) is 5.75 Å². The van der Waals surface area contributed by atoms with E-state index in [1.807, 2.05) is 25.5 Å². The predicted molar refractivity (Wildman–Crippen MR) is 78.8 cm³/mol. The van der Waals surface area contributed by atoms with Gasteiger partial charge in [-0.05, 0) is 32.0 Å². The molecule has 0 atom stereocenters. The van der Waals surface area contributed by atoms with Crippen molar-refractivity contribution in [2.45, 2.75) is 13.8 Å². The van der Waals surface area contributed by atoms with Crippen LogP contribution in [0.25, 0.3) is 0 Å². The molecule has 0 amide bonds. The second-order valence-electron chi connectivity index (χ2n) is 4.76. The van der Waals surface area contributed by atoms with Gasteiger partial charge in [-0.3, -0.25) is 4.79 Å². The summed E-state index contributed by atoms with van der Waals surface area (Å²) in [5.41, 5.74) is 2.27. The van der Waals surface area contributed by atoms with Crippen LogP contribution in [0, 0.1) is 25.5 Å². The molecule has 2 rings (SSSR count).